The first-order valence-corrected chi connectivity index (χ1v) is 4.89. The molecule has 2 heterocycles. The van der Waals surface area contributed by atoms with Gasteiger partial charge < -0.3 is 15.6 Å². The van der Waals surface area contributed by atoms with Crippen LogP contribution in [0.15, 0.2) is 12.7 Å². The van der Waals surface area contributed by atoms with E-state index in [9.17, 15) is 0 Å². The molecule has 0 saturated carbocycles. The van der Waals surface area contributed by atoms with Crippen molar-refractivity contribution in [2.24, 2.45) is 7.05 Å². The number of aromatic nitrogens is 5. The van der Waals surface area contributed by atoms with Gasteiger partial charge in [-0.1, -0.05) is 11.6 Å². The summed E-state index contributed by atoms with van der Waals surface area (Å²) in [7, 11) is 1.85. The fourth-order valence-electron chi connectivity index (χ4n) is 1.14. The first-order valence-electron chi connectivity index (χ1n) is 4.51. The third-order valence-corrected chi connectivity index (χ3v) is 2.41. The van der Waals surface area contributed by atoms with Crippen LogP contribution in [0.5, 0.6) is 0 Å². The maximum absolute atomic E-state index is 5.92. The number of nitrogens with two attached hydrogens (primary N) is 1. The van der Waals surface area contributed by atoms with Gasteiger partial charge in [-0.25, -0.2) is 9.97 Å². The Bertz CT molecular complexity index is 495. The predicted molar refractivity (Wildman–Crippen MR) is 59.8 cm³/mol. The molecule has 2 aromatic heterocycles. The Kier molecular flexibility index (Phi) is 2.86. The molecule has 3 N–H and O–H groups in total. The highest BCUT2D eigenvalue weighted by Gasteiger charge is 2.07. The largest absolute Gasteiger partial charge is 0.382 e. The number of hydrogen-bond acceptors (Lipinski definition) is 6. The van der Waals surface area contributed by atoms with Crippen LogP contribution in [-0.2, 0) is 13.6 Å². The molecule has 2 aromatic rings. The molecular formula is C8H10ClN7. The third-order valence-electron chi connectivity index (χ3n) is 2.04. The first-order chi connectivity index (χ1) is 7.68. The zero-order valence-electron chi connectivity index (χ0n) is 8.55. The third kappa shape index (κ3) is 2.03. The van der Waals surface area contributed by atoms with Crippen molar-refractivity contribution in [2.75, 3.05) is 11.1 Å². The average molecular weight is 240 g/mol. The number of hydrogen-bond donors (Lipinski definition) is 2. The average Bonchev–Trinajstić information content (AvgIpc) is 2.67. The molecule has 0 aromatic carbocycles. The van der Waals surface area contributed by atoms with Crippen molar-refractivity contribution in [3.8, 4) is 0 Å². The van der Waals surface area contributed by atoms with Gasteiger partial charge in [0.2, 0.25) is 0 Å². The molecule has 84 valence electrons. The second-order valence-electron chi connectivity index (χ2n) is 3.13. The highest BCUT2D eigenvalue weighted by molar-refractivity contribution is 6.35. The predicted octanol–water partition coefficient (Wildman–Crippen LogP) is 0.453. The molecular weight excluding hydrogens is 230 g/mol. The summed E-state index contributed by atoms with van der Waals surface area (Å²) >= 11 is 5.92. The molecule has 0 atom stereocenters. The van der Waals surface area contributed by atoms with Crippen LogP contribution in [0.2, 0.25) is 5.02 Å². The second kappa shape index (κ2) is 4.31. The topological polar surface area (TPSA) is 94.5 Å². The number of rotatable bonds is 3. The summed E-state index contributed by atoms with van der Waals surface area (Å²) in [6, 6.07) is 0. The van der Waals surface area contributed by atoms with Crippen molar-refractivity contribution < 1.29 is 0 Å². The van der Waals surface area contributed by atoms with E-state index < -0.39 is 0 Å². The van der Waals surface area contributed by atoms with Gasteiger partial charge in [-0.3, -0.25) is 0 Å². The summed E-state index contributed by atoms with van der Waals surface area (Å²) in [5.74, 6) is 1.50. The fourth-order valence-corrected chi connectivity index (χ4v) is 1.30. The van der Waals surface area contributed by atoms with Crippen molar-refractivity contribution in [1.82, 2.24) is 24.7 Å². The quantitative estimate of drug-likeness (QED) is 0.808. The first kappa shape index (κ1) is 10.6. The second-order valence-corrected chi connectivity index (χ2v) is 3.51. The minimum Gasteiger partial charge on any atom is -0.382 e. The molecule has 0 spiro atoms. The van der Waals surface area contributed by atoms with E-state index in [1.165, 1.54) is 6.33 Å². The number of anilines is 2. The van der Waals surface area contributed by atoms with Gasteiger partial charge in [0, 0.05) is 7.05 Å². The van der Waals surface area contributed by atoms with Crippen molar-refractivity contribution >= 4 is 23.2 Å². The van der Waals surface area contributed by atoms with E-state index in [1.54, 1.807) is 10.9 Å². The Morgan fingerprint density at radius 3 is 3.00 bits per heavy atom. The number of nitrogen functional groups attached to an aromatic ring is 1. The van der Waals surface area contributed by atoms with E-state index in [4.69, 9.17) is 17.3 Å². The maximum Gasteiger partial charge on any atom is 0.151 e. The molecule has 0 aliphatic carbocycles. The van der Waals surface area contributed by atoms with Gasteiger partial charge in [-0.15, -0.1) is 10.2 Å². The summed E-state index contributed by atoms with van der Waals surface area (Å²) in [5.41, 5.74) is 5.54. The smallest absolute Gasteiger partial charge is 0.151 e. The molecule has 2 rings (SSSR count). The monoisotopic (exact) mass is 239 g/mol. The standard InChI is InChI=1S/C8H10ClN7/c1-16-4-14-15-5(16)2-11-8-6(9)7(10)12-3-13-8/h3-4H,2H2,1H3,(H3,10,11,12,13). The van der Waals surface area contributed by atoms with Gasteiger partial charge >= 0.3 is 0 Å². The van der Waals surface area contributed by atoms with E-state index >= 15 is 0 Å². The Hall–Kier alpha value is -1.89. The molecule has 7 nitrogen and oxygen atoms in total. The number of nitrogens with one attached hydrogen (secondary N) is 1. The zero-order valence-corrected chi connectivity index (χ0v) is 9.31. The molecule has 0 saturated heterocycles. The maximum atomic E-state index is 5.92. The van der Waals surface area contributed by atoms with E-state index in [-0.39, 0.29) is 5.82 Å². The summed E-state index contributed by atoms with van der Waals surface area (Å²) in [4.78, 5) is 7.74. The van der Waals surface area contributed by atoms with E-state index in [2.05, 4.69) is 25.5 Å². The lowest BCUT2D eigenvalue weighted by Crippen LogP contribution is -2.08. The fraction of sp³-hybridized carbons (Fsp3) is 0.250. The Balaban J connectivity index is 2.11. The molecule has 16 heavy (non-hydrogen) atoms. The van der Waals surface area contributed by atoms with Crippen LogP contribution in [0.1, 0.15) is 5.82 Å². The van der Waals surface area contributed by atoms with Crippen molar-refractivity contribution in [3.05, 3.63) is 23.5 Å². The van der Waals surface area contributed by atoms with Crippen LogP contribution in [0.25, 0.3) is 0 Å². The van der Waals surface area contributed by atoms with Crippen LogP contribution in [0, 0.1) is 0 Å². The highest BCUT2D eigenvalue weighted by Crippen LogP contribution is 2.23. The number of nitrogens with zero attached hydrogens (tertiary/aromatic N) is 5. The van der Waals surface area contributed by atoms with Crippen LogP contribution in [0.3, 0.4) is 0 Å². The van der Waals surface area contributed by atoms with Gasteiger partial charge in [0.25, 0.3) is 0 Å². The summed E-state index contributed by atoms with van der Waals surface area (Å²) < 4.78 is 1.80. The van der Waals surface area contributed by atoms with E-state index in [1.807, 2.05) is 7.05 Å². The normalized spacial score (nSPS) is 10.4. The van der Waals surface area contributed by atoms with Gasteiger partial charge in [-0.05, 0) is 0 Å². The SMILES string of the molecule is Cn1cnnc1CNc1ncnc(N)c1Cl. The van der Waals surface area contributed by atoms with Crippen LogP contribution in [0.4, 0.5) is 11.6 Å². The summed E-state index contributed by atoms with van der Waals surface area (Å²) in [6.07, 6.45) is 2.97. The Morgan fingerprint density at radius 1 is 1.50 bits per heavy atom. The van der Waals surface area contributed by atoms with E-state index in [0.29, 0.717) is 17.4 Å². The Morgan fingerprint density at radius 2 is 2.31 bits per heavy atom. The lowest BCUT2D eigenvalue weighted by molar-refractivity contribution is 0.810. The van der Waals surface area contributed by atoms with Gasteiger partial charge in [0.15, 0.2) is 11.6 Å². The summed E-state index contributed by atoms with van der Waals surface area (Å²) in [5, 5.41) is 11.0. The molecule has 0 radical (unpaired) electrons. The minimum atomic E-state index is 0.247. The van der Waals surface area contributed by atoms with Gasteiger partial charge in [0.05, 0.1) is 6.54 Å². The molecule has 8 heteroatoms. The molecule has 0 aliphatic rings. The molecule has 0 amide bonds. The number of halogens is 1. The van der Waals surface area contributed by atoms with Crippen LogP contribution < -0.4 is 11.1 Å². The van der Waals surface area contributed by atoms with Crippen molar-refractivity contribution in [2.45, 2.75) is 6.54 Å². The molecule has 0 aliphatic heterocycles. The van der Waals surface area contributed by atoms with Crippen LogP contribution >= 0.6 is 11.6 Å². The Labute approximate surface area is 96.7 Å². The van der Waals surface area contributed by atoms with Crippen LogP contribution in [-0.4, -0.2) is 24.7 Å². The number of aryl methyl sites for hydroxylation is 1. The minimum absolute atomic E-state index is 0.247. The summed E-state index contributed by atoms with van der Waals surface area (Å²) in [6.45, 7) is 0.465. The molecule has 0 fully saturated rings. The lowest BCUT2D eigenvalue weighted by atomic mass is 10.5. The lowest BCUT2D eigenvalue weighted by Gasteiger charge is -2.07. The molecule has 0 unspecified atom stereocenters. The van der Waals surface area contributed by atoms with Crippen molar-refractivity contribution in [1.29, 1.82) is 0 Å². The zero-order chi connectivity index (χ0) is 11.5. The highest BCUT2D eigenvalue weighted by atomic mass is 35.5. The van der Waals surface area contributed by atoms with E-state index in [0.717, 1.165) is 5.82 Å². The van der Waals surface area contributed by atoms with Gasteiger partial charge in [-0.2, -0.15) is 0 Å². The van der Waals surface area contributed by atoms with Crippen molar-refractivity contribution in [3.63, 3.8) is 0 Å². The molecule has 0 bridgehead atoms. The van der Waals surface area contributed by atoms with Gasteiger partial charge in [0.1, 0.15) is 23.5 Å².